The van der Waals surface area contributed by atoms with E-state index in [0.717, 1.165) is 11.1 Å². The van der Waals surface area contributed by atoms with Gasteiger partial charge in [-0.2, -0.15) is 5.10 Å². The molecule has 0 radical (unpaired) electrons. The van der Waals surface area contributed by atoms with Gasteiger partial charge in [-0.1, -0.05) is 23.9 Å². The number of carbonyl (C=O) groups excluding carboxylic acids is 1. The van der Waals surface area contributed by atoms with Crippen LogP contribution in [0.3, 0.4) is 0 Å². The number of methoxy groups -OCH3 is 2. The lowest BCUT2D eigenvalue weighted by molar-refractivity contribution is -0.126. The molecule has 2 aromatic rings. The molecule has 0 spiro atoms. The lowest BCUT2D eigenvalue weighted by atomic mass is 10.2. The molecule has 146 valence electrons. The number of amides is 1. The quantitative estimate of drug-likeness (QED) is 0.547. The lowest BCUT2D eigenvalue weighted by Crippen LogP contribution is -2.30. The second-order valence-corrected chi connectivity index (χ2v) is 7.36. The standard InChI is InChI=1S/C20H20FN3O3S/c1-13-19(25)24(12-14-4-7-16(21)8-5-14)20(28-13)23-22-11-15-6-9-17(26-2)18(10-15)27-3/h4-11,13H,12H2,1-3H3/b22-11+,23-20-. The van der Waals surface area contributed by atoms with Gasteiger partial charge in [-0.25, -0.2) is 4.39 Å². The number of nitrogens with zero attached hydrogens (tertiary/aromatic N) is 3. The molecule has 0 bridgehead atoms. The van der Waals surface area contributed by atoms with Gasteiger partial charge in [-0.05, 0) is 48.4 Å². The Bertz CT molecular complexity index is 915. The molecule has 8 heteroatoms. The zero-order valence-electron chi connectivity index (χ0n) is 15.8. The van der Waals surface area contributed by atoms with E-state index < -0.39 is 0 Å². The number of amidine groups is 1. The fraction of sp³-hybridized carbons (Fsp3) is 0.250. The molecule has 1 atom stereocenters. The van der Waals surface area contributed by atoms with Crippen LogP contribution < -0.4 is 9.47 Å². The van der Waals surface area contributed by atoms with Crippen molar-refractivity contribution in [2.45, 2.75) is 18.7 Å². The topological polar surface area (TPSA) is 63.5 Å². The van der Waals surface area contributed by atoms with Crippen molar-refractivity contribution in [1.82, 2.24) is 4.90 Å². The third-order valence-corrected chi connectivity index (χ3v) is 5.21. The van der Waals surface area contributed by atoms with E-state index in [9.17, 15) is 9.18 Å². The maximum absolute atomic E-state index is 13.1. The van der Waals surface area contributed by atoms with Crippen LogP contribution in [-0.4, -0.2) is 41.7 Å². The van der Waals surface area contributed by atoms with Crippen molar-refractivity contribution in [3.63, 3.8) is 0 Å². The van der Waals surface area contributed by atoms with Crippen LogP contribution in [0.5, 0.6) is 11.5 Å². The van der Waals surface area contributed by atoms with E-state index in [0.29, 0.717) is 23.2 Å². The summed E-state index contributed by atoms with van der Waals surface area (Å²) in [4.78, 5) is 14.0. The van der Waals surface area contributed by atoms with E-state index in [1.165, 1.54) is 23.9 Å². The maximum atomic E-state index is 13.1. The molecule has 1 unspecified atom stereocenters. The first kappa shape index (κ1) is 19.9. The molecule has 0 aromatic heterocycles. The molecule has 3 rings (SSSR count). The number of hydrogen-bond acceptors (Lipinski definition) is 6. The van der Waals surface area contributed by atoms with E-state index in [-0.39, 0.29) is 17.0 Å². The predicted molar refractivity (Wildman–Crippen MR) is 109 cm³/mol. The number of ether oxygens (including phenoxy) is 2. The van der Waals surface area contributed by atoms with Crippen LogP contribution in [-0.2, 0) is 11.3 Å². The SMILES string of the molecule is COc1ccc(/C=N/N=C2\SC(C)C(=O)N2Cc2ccc(F)cc2)cc1OC. The van der Waals surface area contributed by atoms with Crippen LogP contribution in [0.25, 0.3) is 0 Å². The molecule has 1 fully saturated rings. The number of hydrogen-bond donors (Lipinski definition) is 0. The van der Waals surface area contributed by atoms with Gasteiger partial charge in [-0.15, -0.1) is 5.10 Å². The van der Waals surface area contributed by atoms with Crippen LogP contribution in [0.15, 0.2) is 52.7 Å². The summed E-state index contributed by atoms with van der Waals surface area (Å²) in [5.74, 6) is 0.861. The number of benzene rings is 2. The van der Waals surface area contributed by atoms with E-state index in [2.05, 4.69) is 10.2 Å². The average Bonchev–Trinajstić information content (AvgIpc) is 2.97. The summed E-state index contributed by atoms with van der Waals surface area (Å²) in [6, 6.07) is 11.5. The van der Waals surface area contributed by atoms with Gasteiger partial charge in [0.15, 0.2) is 16.7 Å². The summed E-state index contributed by atoms with van der Waals surface area (Å²) < 4.78 is 23.6. The Hall–Kier alpha value is -2.87. The highest BCUT2D eigenvalue weighted by Crippen LogP contribution is 2.29. The zero-order valence-corrected chi connectivity index (χ0v) is 16.6. The number of carbonyl (C=O) groups is 1. The van der Waals surface area contributed by atoms with E-state index in [4.69, 9.17) is 9.47 Å². The van der Waals surface area contributed by atoms with Gasteiger partial charge in [0.2, 0.25) is 5.91 Å². The van der Waals surface area contributed by atoms with E-state index in [1.54, 1.807) is 49.6 Å². The van der Waals surface area contributed by atoms with Crippen molar-refractivity contribution in [3.8, 4) is 11.5 Å². The first-order valence-corrected chi connectivity index (χ1v) is 9.45. The molecule has 2 aromatic carbocycles. The van der Waals surface area contributed by atoms with Crippen LogP contribution in [0.4, 0.5) is 4.39 Å². The Morgan fingerprint density at radius 1 is 1.14 bits per heavy atom. The molecule has 1 amide bonds. The smallest absolute Gasteiger partial charge is 0.242 e. The minimum atomic E-state index is -0.312. The highest BCUT2D eigenvalue weighted by molar-refractivity contribution is 8.15. The first-order chi connectivity index (χ1) is 13.5. The lowest BCUT2D eigenvalue weighted by Gasteiger charge is -2.15. The third kappa shape index (κ3) is 4.51. The van der Waals surface area contributed by atoms with E-state index >= 15 is 0 Å². The van der Waals surface area contributed by atoms with Gasteiger partial charge < -0.3 is 9.47 Å². The van der Waals surface area contributed by atoms with Gasteiger partial charge in [-0.3, -0.25) is 9.69 Å². The molecular formula is C20H20FN3O3S. The van der Waals surface area contributed by atoms with Crippen molar-refractivity contribution in [3.05, 3.63) is 59.4 Å². The Labute approximate surface area is 167 Å². The molecular weight excluding hydrogens is 381 g/mol. The fourth-order valence-corrected chi connectivity index (χ4v) is 3.58. The van der Waals surface area contributed by atoms with E-state index in [1.807, 2.05) is 13.0 Å². The Morgan fingerprint density at radius 3 is 2.54 bits per heavy atom. The summed E-state index contributed by atoms with van der Waals surface area (Å²) in [6.45, 7) is 2.15. The van der Waals surface area contributed by atoms with Gasteiger partial charge in [0.1, 0.15) is 5.82 Å². The molecule has 0 N–H and O–H groups in total. The van der Waals surface area contributed by atoms with Crippen molar-refractivity contribution in [1.29, 1.82) is 0 Å². The van der Waals surface area contributed by atoms with Crippen molar-refractivity contribution >= 4 is 29.1 Å². The maximum Gasteiger partial charge on any atom is 0.242 e. The van der Waals surface area contributed by atoms with Gasteiger partial charge in [0, 0.05) is 0 Å². The minimum absolute atomic E-state index is 0.0469. The van der Waals surface area contributed by atoms with Crippen LogP contribution in [0.2, 0.25) is 0 Å². The second-order valence-electron chi connectivity index (χ2n) is 6.05. The van der Waals surface area contributed by atoms with Gasteiger partial charge in [0.05, 0.1) is 32.2 Å². The Morgan fingerprint density at radius 2 is 1.86 bits per heavy atom. The number of rotatable bonds is 6. The third-order valence-electron chi connectivity index (χ3n) is 4.14. The van der Waals surface area contributed by atoms with Gasteiger partial charge >= 0.3 is 0 Å². The molecule has 0 saturated carbocycles. The Kier molecular flexibility index (Phi) is 6.30. The number of thioether (sulfide) groups is 1. The Balaban J connectivity index is 1.78. The van der Waals surface area contributed by atoms with Crippen molar-refractivity contribution in [2.75, 3.05) is 14.2 Å². The summed E-state index contributed by atoms with van der Waals surface area (Å²) in [5.41, 5.74) is 1.61. The van der Waals surface area contributed by atoms with Crippen LogP contribution in [0.1, 0.15) is 18.1 Å². The molecule has 6 nitrogen and oxygen atoms in total. The zero-order chi connectivity index (χ0) is 20.1. The molecule has 0 aliphatic carbocycles. The highest BCUT2D eigenvalue weighted by atomic mass is 32.2. The normalized spacial score (nSPS) is 18.3. The first-order valence-electron chi connectivity index (χ1n) is 8.57. The fourth-order valence-electron chi connectivity index (χ4n) is 2.66. The molecule has 1 saturated heterocycles. The minimum Gasteiger partial charge on any atom is -0.493 e. The van der Waals surface area contributed by atoms with Crippen LogP contribution >= 0.6 is 11.8 Å². The molecule has 1 heterocycles. The van der Waals surface area contributed by atoms with Crippen molar-refractivity contribution in [2.24, 2.45) is 10.2 Å². The molecule has 1 aliphatic rings. The summed E-state index contributed by atoms with van der Waals surface area (Å²) >= 11 is 1.35. The van der Waals surface area contributed by atoms with Crippen LogP contribution in [0, 0.1) is 5.82 Å². The second kappa shape index (κ2) is 8.88. The van der Waals surface area contributed by atoms with Crippen molar-refractivity contribution < 1.29 is 18.7 Å². The molecule has 28 heavy (non-hydrogen) atoms. The summed E-state index contributed by atoms with van der Waals surface area (Å²) in [6.07, 6.45) is 1.58. The van der Waals surface area contributed by atoms with Gasteiger partial charge in [0.25, 0.3) is 0 Å². The summed E-state index contributed by atoms with van der Waals surface area (Å²) in [5, 5.41) is 8.61. The number of halogens is 1. The largest absolute Gasteiger partial charge is 0.493 e. The predicted octanol–water partition coefficient (Wildman–Crippen LogP) is 3.70. The average molecular weight is 401 g/mol. The summed E-state index contributed by atoms with van der Waals surface area (Å²) in [7, 11) is 3.14. The monoisotopic (exact) mass is 401 g/mol. The molecule has 1 aliphatic heterocycles. The highest BCUT2D eigenvalue weighted by Gasteiger charge is 2.35.